The van der Waals surface area contributed by atoms with Gasteiger partial charge in [-0.3, -0.25) is 0 Å². The molecule has 0 bridgehead atoms. The van der Waals surface area contributed by atoms with Crippen LogP contribution in [0, 0.1) is 5.82 Å². The molecular weight excluding hydrogens is 283 g/mol. The summed E-state index contributed by atoms with van der Waals surface area (Å²) < 4.78 is 13.7. The SMILES string of the molecule is CCCCCCC(O)Cc1cccc(F)c1Br. The molecule has 1 N–H and O–H groups in total. The summed E-state index contributed by atoms with van der Waals surface area (Å²) in [5.74, 6) is -0.263. The zero-order valence-corrected chi connectivity index (χ0v) is 11.8. The van der Waals surface area contributed by atoms with Gasteiger partial charge in [0.05, 0.1) is 10.6 Å². The predicted molar refractivity (Wildman–Crippen MR) is 72.6 cm³/mol. The van der Waals surface area contributed by atoms with Crippen LogP contribution in [0.4, 0.5) is 4.39 Å². The summed E-state index contributed by atoms with van der Waals surface area (Å²) in [4.78, 5) is 0. The van der Waals surface area contributed by atoms with E-state index < -0.39 is 0 Å². The zero-order chi connectivity index (χ0) is 12.7. The molecule has 0 aliphatic heterocycles. The highest BCUT2D eigenvalue weighted by Gasteiger charge is 2.10. The van der Waals surface area contributed by atoms with Crippen LogP contribution in [-0.4, -0.2) is 11.2 Å². The fraction of sp³-hybridized carbons (Fsp3) is 0.571. The molecule has 0 saturated carbocycles. The van der Waals surface area contributed by atoms with Gasteiger partial charge in [-0.15, -0.1) is 0 Å². The van der Waals surface area contributed by atoms with Crippen LogP contribution in [0.5, 0.6) is 0 Å². The van der Waals surface area contributed by atoms with Crippen molar-refractivity contribution in [1.82, 2.24) is 0 Å². The minimum atomic E-state index is -0.370. The predicted octanol–water partition coefficient (Wildman–Crippen LogP) is 4.46. The number of hydrogen-bond acceptors (Lipinski definition) is 1. The Labute approximate surface area is 111 Å². The highest BCUT2D eigenvalue weighted by molar-refractivity contribution is 9.10. The van der Waals surface area contributed by atoms with Crippen LogP contribution in [0.1, 0.15) is 44.6 Å². The van der Waals surface area contributed by atoms with Crippen LogP contribution in [-0.2, 0) is 6.42 Å². The summed E-state index contributed by atoms with van der Waals surface area (Å²) in [5, 5.41) is 9.87. The van der Waals surface area contributed by atoms with E-state index >= 15 is 0 Å². The second-order valence-electron chi connectivity index (χ2n) is 4.42. The number of aliphatic hydroxyl groups excluding tert-OH is 1. The molecular formula is C14H20BrFO. The van der Waals surface area contributed by atoms with Gasteiger partial charge in [0.1, 0.15) is 5.82 Å². The Balaban J connectivity index is 2.39. The van der Waals surface area contributed by atoms with Crippen molar-refractivity contribution in [3.63, 3.8) is 0 Å². The number of rotatable bonds is 7. The van der Waals surface area contributed by atoms with Crippen molar-refractivity contribution in [2.75, 3.05) is 0 Å². The first-order chi connectivity index (χ1) is 8.15. The number of aliphatic hydroxyl groups is 1. The van der Waals surface area contributed by atoms with E-state index in [0.717, 1.165) is 24.8 Å². The van der Waals surface area contributed by atoms with Gasteiger partial charge in [0.15, 0.2) is 0 Å². The number of benzene rings is 1. The van der Waals surface area contributed by atoms with Gasteiger partial charge in [-0.05, 0) is 40.4 Å². The summed E-state index contributed by atoms with van der Waals surface area (Å²) in [5.41, 5.74) is 0.841. The second kappa shape index (κ2) is 7.83. The highest BCUT2D eigenvalue weighted by atomic mass is 79.9. The lowest BCUT2D eigenvalue weighted by molar-refractivity contribution is 0.160. The Morgan fingerprint density at radius 3 is 2.76 bits per heavy atom. The molecule has 0 spiro atoms. The molecule has 1 aromatic rings. The van der Waals surface area contributed by atoms with Crippen LogP contribution >= 0.6 is 15.9 Å². The van der Waals surface area contributed by atoms with Crippen LogP contribution in [0.25, 0.3) is 0 Å². The maximum Gasteiger partial charge on any atom is 0.137 e. The van der Waals surface area contributed by atoms with Crippen molar-refractivity contribution in [1.29, 1.82) is 0 Å². The molecule has 17 heavy (non-hydrogen) atoms. The molecule has 1 unspecified atom stereocenters. The fourth-order valence-electron chi connectivity index (χ4n) is 1.87. The van der Waals surface area contributed by atoms with E-state index in [1.807, 2.05) is 6.07 Å². The van der Waals surface area contributed by atoms with Gasteiger partial charge in [0.25, 0.3) is 0 Å². The zero-order valence-electron chi connectivity index (χ0n) is 10.3. The Hall–Kier alpha value is -0.410. The third-order valence-electron chi connectivity index (χ3n) is 2.88. The molecule has 0 radical (unpaired) electrons. The summed E-state index contributed by atoms with van der Waals surface area (Å²) in [6, 6.07) is 4.95. The number of unbranched alkanes of at least 4 members (excludes halogenated alkanes) is 3. The molecule has 0 fully saturated rings. The van der Waals surface area contributed by atoms with Gasteiger partial charge in [-0.2, -0.15) is 0 Å². The third-order valence-corrected chi connectivity index (χ3v) is 3.77. The molecule has 0 saturated heterocycles. The molecule has 1 rings (SSSR count). The van der Waals surface area contributed by atoms with Crippen molar-refractivity contribution < 1.29 is 9.50 Å². The van der Waals surface area contributed by atoms with E-state index in [-0.39, 0.29) is 11.9 Å². The summed E-state index contributed by atoms with van der Waals surface area (Å²) >= 11 is 3.22. The van der Waals surface area contributed by atoms with Crippen molar-refractivity contribution in [2.24, 2.45) is 0 Å². The summed E-state index contributed by atoms with van der Waals surface area (Å²) in [6.45, 7) is 2.17. The van der Waals surface area contributed by atoms with Crippen molar-refractivity contribution in [3.8, 4) is 0 Å². The molecule has 0 aromatic heterocycles. The average molecular weight is 303 g/mol. The Kier molecular flexibility index (Phi) is 6.75. The van der Waals surface area contributed by atoms with E-state index in [1.54, 1.807) is 6.07 Å². The van der Waals surface area contributed by atoms with Gasteiger partial charge in [0.2, 0.25) is 0 Å². The molecule has 1 aromatic carbocycles. The lowest BCUT2D eigenvalue weighted by Crippen LogP contribution is -2.11. The van der Waals surface area contributed by atoms with Gasteiger partial charge in [0, 0.05) is 0 Å². The highest BCUT2D eigenvalue weighted by Crippen LogP contribution is 2.22. The van der Waals surface area contributed by atoms with E-state index in [0.29, 0.717) is 10.9 Å². The van der Waals surface area contributed by atoms with Crippen molar-refractivity contribution in [2.45, 2.75) is 51.6 Å². The quantitative estimate of drug-likeness (QED) is 0.737. The van der Waals surface area contributed by atoms with Gasteiger partial charge < -0.3 is 5.11 Å². The van der Waals surface area contributed by atoms with Gasteiger partial charge in [-0.25, -0.2) is 4.39 Å². The normalized spacial score (nSPS) is 12.7. The van der Waals surface area contributed by atoms with Crippen LogP contribution in [0.15, 0.2) is 22.7 Å². The van der Waals surface area contributed by atoms with E-state index in [4.69, 9.17) is 0 Å². The molecule has 0 amide bonds. The molecule has 1 nitrogen and oxygen atoms in total. The lowest BCUT2D eigenvalue weighted by Gasteiger charge is -2.12. The number of halogens is 2. The first-order valence-corrected chi connectivity index (χ1v) is 7.05. The van der Waals surface area contributed by atoms with Crippen molar-refractivity contribution in [3.05, 3.63) is 34.1 Å². The van der Waals surface area contributed by atoms with E-state index in [2.05, 4.69) is 22.9 Å². The number of hydrogen-bond donors (Lipinski definition) is 1. The summed E-state index contributed by atoms with van der Waals surface area (Å²) in [7, 11) is 0. The smallest absolute Gasteiger partial charge is 0.137 e. The summed E-state index contributed by atoms with van der Waals surface area (Å²) in [6.07, 6.45) is 5.57. The Bertz CT molecular complexity index is 341. The largest absolute Gasteiger partial charge is 0.393 e. The monoisotopic (exact) mass is 302 g/mol. The standard InChI is InChI=1S/C14H20BrFO/c1-2-3-4-5-8-12(17)10-11-7-6-9-13(16)14(11)15/h6-7,9,12,17H,2-5,8,10H2,1H3. The average Bonchev–Trinajstić information content (AvgIpc) is 2.31. The Morgan fingerprint density at radius 2 is 2.06 bits per heavy atom. The van der Waals surface area contributed by atoms with E-state index in [9.17, 15) is 9.50 Å². The van der Waals surface area contributed by atoms with Crippen LogP contribution < -0.4 is 0 Å². The maximum atomic E-state index is 13.3. The molecule has 96 valence electrons. The minimum absolute atomic E-state index is 0.263. The first-order valence-electron chi connectivity index (χ1n) is 6.26. The maximum absolute atomic E-state index is 13.3. The molecule has 0 aliphatic rings. The fourth-order valence-corrected chi connectivity index (χ4v) is 2.29. The lowest BCUT2D eigenvalue weighted by atomic mass is 10.0. The van der Waals surface area contributed by atoms with Crippen LogP contribution in [0.2, 0.25) is 0 Å². The van der Waals surface area contributed by atoms with E-state index in [1.165, 1.54) is 18.9 Å². The Morgan fingerprint density at radius 1 is 1.29 bits per heavy atom. The molecule has 1 atom stereocenters. The van der Waals surface area contributed by atoms with Gasteiger partial charge >= 0.3 is 0 Å². The van der Waals surface area contributed by atoms with Gasteiger partial charge in [-0.1, -0.05) is 44.7 Å². The minimum Gasteiger partial charge on any atom is -0.393 e. The first kappa shape index (κ1) is 14.7. The molecule has 0 aliphatic carbocycles. The van der Waals surface area contributed by atoms with Crippen molar-refractivity contribution >= 4 is 15.9 Å². The topological polar surface area (TPSA) is 20.2 Å². The molecule has 0 heterocycles. The molecule has 3 heteroatoms. The van der Waals surface area contributed by atoms with Crippen LogP contribution in [0.3, 0.4) is 0 Å². The third kappa shape index (κ3) is 5.17. The second-order valence-corrected chi connectivity index (χ2v) is 5.21.